The Balaban J connectivity index is 2.04. The van der Waals surface area contributed by atoms with Crippen molar-refractivity contribution in [1.29, 1.82) is 0 Å². The molecule has 2 unspecified atom stereocenters. The van der Waals surface area contributed by atoms with E-state index >= 15 is 0 Å². The number of aryl methyl sites for hydroxylation is 1. The number of hydrogen-bond donors (Lipinski definition) is 1. The number of hydroxylamine groups is 2. The lowest BCUT2D eigenvalue weighted by Crippen LogP contribution is -2.55. The first-order valence-corrected chi connectivity index (χ1v) is 9.44. The van der Waals surface area contributed by atoms with Gasteiger partial charge in [-0.25, -0.2) is 4.90 Å². The minimum atomic E-state index is -0.436. The number of aromatic nitrogens is 2. The number of nitrogens with zero attached hydrogens (tertiary/aromatic N) is 4. The number of hydrogen-bond acceptors (Lipinski definition) is 6. The summed E-state index contributed by atoms with van der Waals surface area (Å²) in [5.74, 6) is 0. The van der Waals surface area contributed by atoms with Crippen LogP contribution in [0.4, 0.5) is 5.13 Å². The predicted molar refractivity (Wildman–Crippen MR) is 97.0 cm³/mol. The van der Waals surface area contributed by atoms with E-state index in [1.54, 1.807) is 6.08 Å². The molecule has 1 aliphatic heterocycles. The van der Waals surface area contributed by atoms with Gasteiger partial charge in [0, 0.05) is 19.5 Å². The number of unbranched alkanes of at least 4 members (excludes halogenated alkanes) is 3. The van der Waals surface area contributed by atoms with Gasteiger partial charge < -0.3 is 5.21 Å². The first kappa shape index (κ1) is 18.5. The zero-order valence-corrected chi connectivity index (χ0v) is 15.1. The van der Waals surface area contributed by atoms with Gasteiger partial charge in [0.25, 0.3) is 0 Å². The average molecular weight is 340 g/mol. The molecule has 0 aliphatic carbocycles. The van der Waals surface area contributed by atoms with Crippen LogP contribution in [0.3, 0.4) is 0 Å². The maximum absolute atomic E-state index is 13.4. The van der Waals surface area contributed by atoms with Gasteiger partial charge in [0.1, 0.15) is 11.7 Å². The molecule has 1 fully saturated rings. The smallest absolute Gasteiger partial charge is 0.309 e. The average Bonchev–Trinajstić information content (AvgIpc) is 3.15. The second-order valence-corrected chi connectivity index (χ2v) is 7.15. The van der Waals surface area contributed by atoms with Crippen LogP contribution in [0.2, 0.25) is 0 Å². The molecular formula is C16H29N5OS. The molecule has 1 aromatic heterocycles. The second-order valence-electron chi connectivity index (χ2n) is 6.11. The van der Waals surface area contributed by atoms with E-state index in [1.807, 2.05) is 0 Å². The fourth-order valence-corrected chi connectivity index (χ4v) is 3.85. The van der Waals surface area contributed by atoms with Crippen molar-refractivity contribution in [3.63, 3.8) is 0 Å². The Morgan fingerprint density at radius 2 is 2.22 bits per heavy atom. The largest absolute Gasteiger partial charge is 0.623 e. The summed E-state index contributed by atoms with van der Waals surface area (Å²) in [6, 6.07) is 0. The Morgan fingerprint density at radius 3 is 2.91 bits per heavy atom. The molecule has 1 saturated heterocycles. The first-order valence-electron chi connectivity index (χ1n) is 8.62. The zero-order valence-electron chi connectivity index (χ0n) is 14.3. The molecule has 6 nitrogen and oxygen atoms in total. The highest BCUT2D eigenvalue weighted by atomic mass is 32.1. The van der Waals surface area contributed by atoms with Crippen molar-refractivity contribution in [2.75, 3.05) is 26.3 Å². The lowest BCUT2D eigenvalue weighted by molar-refractivity contribution is 0.280. The molecule has 1 N–H and O–H groups in total. The highest BCUT2D eigenvalue weighted by molar-refractivity contribution is 7.15. The molecule has 2 atom stereocenters. The van der Waals surface area contributed by atoms with Crippen molar-refractivity contribution < 1.29 is 0 Å². The fraction of sp³-hybridized carbons (Fsp3) is 0.750. The van der Waals surface area contributed by atoms with Crippen molar-refractivity contribution in [2.45, 2.75) is 52.1 Å². The topological polar surface area (TPSA) is 64.1 Å². The molecule has 23 heavy (non-hydrogen) atoms. The van der Waals surface area contributed by atoms with Gasteiger partial charge in [-0.15, -0.1) is 11.7 Å². The molecule has 130 valence electrons. The zero-order chi connectivity index (χ0) is 16.7. The van der Waals surface area contributed by atoms with E-state index in [4.69, 9.17) is 0 Å². The molecule has 2 rings (SSSR count). The summed E-state index contributed by atoms with van der Waals surface area (Å²) in [7, 11) is 0. The molecule has 1 aliphatic rings. The van der Waals surface area contributed by atoms with Crippen LogP contribution in [0.5, 0.6) is 0 Å². The summed E-state index contributed by atoms with van der Waals surface area (Å²) in [5.41, 5.74) is 0. The minimum Gasteiger partial charge on any atom is -0.623 e. The molecule has 0 spiro atoms. The van der Waals surface area contributed by atoms with Crippen LogP contribution >= 0.6 is 11.3 Å². The summed E-state index contributed by atoms with van der Waals surface area (Å²) in [6.45, 7) is 10.7. The fourth-order valence-electron chi connectivity index (χ4n) is 2.89. The van der Waals surface area contributed by atoms with Crippen LogP contribution in [-0.4, -0.2) is 47.6 Å². The summed E-state index contributed by atoms with van der Waals surface area (Å²) < 4.78 is -0.436. The van der Waals surface area contributed by atoms with Crippen LogP contribution in [0, 0.1) is 5.21 Å². The Bertz CT molecular complexity index is 495. The van der Waals surface area contributed by atoms with Crippen molar-refractivity contribution in [1.82, 2.24) is 25.1 Å². The Labute approximate surface area is 143 Å². The molecule has 0 saturated carbocycles. The third kappa shape index (κ3) is 4.58. The van der Waals surface area contributed by atoms with Crippen LogP contribution in [0.1, 0.15) is 44.5 Å². The Morgan fingerprint density at radius 1 is 1.39 bits per heavy atom. The molecule has 0 radical (unpaired) electrons. The third-order valence-electron chi connectivity index (χ3n) is 4.31. The van der Waals surface area contributed by atoms with E-state index in [2.05, 4.69) is 40.8 Å². The van der Waals surface area contributed by atoms with Gasteiger partial charge in [-0.3, -0.25) is 9.96 Å². The Hall–Kier alpha value is -0.860. The number of quaternary nitrogens is 1. The van der Waals surface area contributed by atoms with Crippen molar-refractivity contribution >= 4 is 16.5 Å². The SMILES string of the molecule is C=CCNC1CN(CC)C[N+]1([O-])c1nnc(CCCCCC)s1. The maximum atomic E-state index is 13.4. The van der Waals surface area contributed by atoms with Crippen LogP contribution in [0.25, 0.3) is 0 Å². The summed E-state index contributed by atoms with van der Waals surface area (Å²) in [4.78, 5) is 2.16. The summed E-state index contributed by atoms with van der Waals surface area (Å²) >= 11 is 1.48. The molecular weight excluding hydrogens is 310 g/mol. The highest BCUT2D eigenvalue weighted by Crippen LogP contribution is 2.33. The minimum absolute atomic E-state index is 0.200. The van der Waals surface area contributed by atoms with Gasteiger partial charge in [-0.05, 0) is 17.8 Å². The molecule has 7 heteroatoms. The van der Waals surface area contributed by atoms with Gasteiger partial charge in [0.2, 0.25) is 0 Å². The molecule has 0 bridgehead atoms. The van der Waals surface area contributed by atoms with Crippen LogP contribution in [-0.2, 0) is 6.42 Å². The molecule has 2 heterocycles. The van der Waals surface area contributed by atoms with Gasteiger partial charge in [-0.1, -0.05) is 44.3 Å². The van der Waals surface area contributed by atoms with E-state index < -0.39 is 4.65 Å². The van der Waals surface area contributed by atoms with Gasteiger partial charge in [0.15, 0.2) is 6.17 Å². The molecule has 1 aromatic rings. The van der Waals surface area contributed by atoms with E-state index in [-0.39, 0.29) is 6.17 Å². The van der Waals surface area contributed by atoms with E-state index in [9.17, 15) is 5.21 Å². The first-order chi connectivity index (χ1) is 11.1. The normalized spacial score (nSPS) is 25.1. The number of likely N-dealkylation sites (N-methyl/N-ethyl adjacent to an activating group) is 1. The quantitative estimate of drug-likeness (QED) is 0.307. The summed E-state index contributed by atoms with van der Waals surface area (Å²) in [5, 5.41) is 26.8. The second kappa shape index (κ2) is 8.84. The van der Waals surface area contributed by atoms with Crippen molar-refractivity contribution in [3.8, 4) is 0 Å². The van der Waals surface area contributed by atoms with Crippen molar-refractivity contribution in [2.24, 2.45) is 0 Å². The number of rotatable bonds is 10. The lowest BCUT2D eigenvalue weighted by atomic mass is 10.2. The van der Waals surface area contributed by atoms with Gasteiger partial charge >= 0.3 is 5.13 Å². The monoisotopic (exact) mass is 339 g/mol. The van der Waals surface area contributed by atoms with Gasteiger partial charge in [0.05, 0.1) is 6.54 Å². The predicted octanol–water partition coefficient (Wildman–Crippen LogP) is 2.86. The highest BCUT2D eigenvalue weighted by Gasteiger charge is 2.42. The lowest BCUT2D eigenvalue weighted by Gasteiger charge is -2.39. The standard InChI is InChI=1S/C16H29N5OS/c1-4-7-8-9-10-15-18-19-16(23-15)21(22)13-20(6-3)12-14(21)17-11-5-2/h5,14,17H,2,4,6-13H2,1,3H3. The Kier molecular flexibility index (Phi) is 7.10. The molecule has 0 aromatic carbocycles. The van der Waals surface area contributed by atoms with Crippen molar-refractivity contribution in [3.05, 3.63) is 22.9 Å². The van der Waals surface area contributed by atoms with E-state index in [0.29, 0.717) is 18.3 Å². The van der Waals surface area contributed by atoms with Crippen LogP contribution < -0.4 is 9.96 Å². The van der Waals surface area contributed by atoms with E-state index in [0.717, 1.165) is 30.9 Å². The maximum Gasteiger partial charge on any atom is 0.309 e. The number of nitrogens with one attached hydrogen (secondary N) is 1. The van der Waals surface area contributed by atoms with E-state index in [1.165, 1.54) is 30.6 Å². The van der Waals surface area contributed by atoms with Gasteiger partial charge in [-0.2, -0.15) is 0 Å². The van der Waals surface area contributed by atoms with Crippen LogP contribution in [0.15, 0.2) is 12.7 Å². The summed E-state index contributed by atoms with van der Waals surface area (Å²) in [6.07, 6.45) is 7.35. The third-order valence-corrected chi connectivity index (χ3v) is 5.41. The molecule has 0 amide bonds.